The molecule has 0 radical (unpaired) electrons. The number of aryl methyl sites for hydroxylation is 2. The Kier molecular flexibility index (Phi) is 4.55. The summed E-state index contributed by atoms with van der Waals surface area (Å²) in [5, 5.41) is 15.7. The second-order valence-corrected chi connectivity index (χ2v) is 6.14. The summed E-state index contributed by atoms with van der Waals surface area (Å²) in [6.45, 7) is 4.54. The number of nitrogens with zero attached hydrogens (tertiary/aromatic N) is 1. The van der Waals surface area contributed by atoms with E-state index in [0.717, 1.165) is 22.0 Å². The Labute approximate surface area is 116 Å². The number of nitrogens with one attached hydrogen (secondary N) is 2. The number of carbonyl (C=O) groups excluding carboxylic acids is 1. The van der Waals surface area contributed by atoms with Crippen LogP contribution in [0.15, 0.2) is 12.2 Å². The summed E-state index contributed by atoms with van der Waals surface area (Å²) in [7, 11) is 0. The van der Waals surface area contributed by atoms with E-state index in [2.05, 4.69) is 15.6 Å². The van der Waals surface area contributed by atoms with Crippen LogP contribution in [0.2, 0.25) is 0 Å². The smallest absolute Gasteiger partial charge is 0.315 e. The van der Waals surface area contributed by atoms with Crippen LogP contribution in [0.3, 0.4) is 0 Å². The minimum absolute atomic E-state index is 0.00965. The minimum Gasteiger partial charge on any atom is -0.396 e. The summed E-state index contributed by atoms with van der Waals surface area (Å²) < 4.78 is 0. The van der Waals surface area contributed by atoms with Crippen molar-refractivity contribution in [1.29, 1.82) is 0 Å². The molecule has 1 aliphatic carbocycles. The van der Waals surface area contributed by atoms with Crippen LogP contribution in [0.1, 0.15) is 22.0 Å². The summed E-state index contributed by atoms with van der Waals surface area (Å²) in [6.07, 6.45) is 4.64. The third kappa shape index (κ3) is 3.78. The molecule has 0 spiro atoms. The fourth-order valence-electron chi connectivity index (χ4n) is 2.14. The van der Waals surface area contributed by atoms with E-state index in [1.807, 2.05) is 26.0 Å². The van der Waals surface area contributed by atoms with Crippen LogP contribution in [0, 0.1) is 19.8 Å². The number of hydrogen-bond acceptors (Lipinski definition) is 4. The first kappa shape index (κ1) is 14.0. The van der Waals surface area contributed by atoms with E-state index in [0.29, 0.717) is 6.54 Å². The van der Waals surface area contributed by atoms with Crippen molar-refractivity contribution in [1.82, 2.24) is 15.6 Å². The van der Waals surface area contributed by atoms with Crippen molar-refractivity contribution < 1.29 is 9.90 Å². The highest BCUT2D eigenvalue weighted by molar-refractivity contribution is 7.11. The van der Waals surface area contributed by atoms with Gasteiger partial charge in [-0.1, -0.05) is 12.2 Å². The zero-order chi connectivity index (χ0) is 13.8. The molecule has 0 saturated heterocycles. The second kappa shape index (κ2) is 6.16. The zero-order valence-corrected chi connectivity index (χ0v) is 12.0. The van der Waals surface area contributed by atoms with Gasteiger partial charge in [-0.2, -0.15) is 0 Å². The van der Waals surface area contributed by atoms with Crippen LogP contribution in [-0.2, 0) is 6.54 Å². The Bertz CT molecular complexity index is 484. The van der Waals surface area contributed by atoms with Crippen LogP contribution in [0.4, 0.5) is 4.79 Å². The van der Waals surface area contributed by atoms with Gasteiger partial charge in [0, 0.05) is 23.4 Å². The zero-order valence-electron chi connectivity index (χ0n) is 11.1. The lowest BCUT2D eigenvalue weighted by atomic mass is 10.1. The van der Waals surface area contributed by atoms with Gasteiger partial charge in [0.25, 0.3) is 0 Å². The maximum Gasteiger partial charge on any atom is 0.315 e. The van der Waals surface area contributed by atoms with E-state index in [4.69, 9.17) is 5.11 Å². The second-order valence-electron chi connectivity index (χ2n) is 4.73. The summed E-state index contributed by atoms with van der Waals surface area (Å²) in [5.41, 5.74) is 0.924. The molecule has 0 aliphatic heterocycles. The Morgan fingerprint density at radius 1 is 1.53 bits per heavy atom. The molecule has 2 amide bonds. The molecule has 0 fully saturated rings. The minimum atomic E-state index is -0.196. The fourth-order valence-corrected chi connectivity index (χ4v) is 2.97. The average molecular weight is 281 g/mol. The molecule has 6 heteroatoms. The molecule has 0 aromatic carbocycles. The van der Waals surface area contributed by atoms with Crippen LogP contribution < -0.4 is 10.6 Å². The van der Waals surface area contributed by atoms with Gasteiger partial charge in [-0.3, -0.25) is 0 Å². The molecular formula is C13H19N3O2S. The van der Waals surface area contributed by atoms with Gasteiger partial charge in [0.2, 0.25) is 0 Å². The predicted octanol–water partition coefficient (Wildman–Crippen LogP) is 1.50. The summed E-state index contributed by atoms with van der Waals surface area (Å²) >= 11 is 1.64. The van der Waals surface area contributed by atoms with Gasteiger partial charge in [0.1, 0.15) is 0 Å². The van der Waals surface area contributed by atoms with Gasteiger partial charge in [0.15, 0.2) is 0 Å². The number of rotatable bonds is 4. The molecule has 1 aliphatic rings. The van der Waals surface area contributed by atoms with Crippen molar-refractivity contribution in [2.24, 2.45) is 5.92 Å². The highest BCUT2D eigenvalue weighted by Crippen LogP contribution is 2.17. The average Bonchev–Trinajstić information content (AvgIpc) is 2.93. The molecular weight excluding hydrogens is 262 g/mol. The lowest BCUT2D eigenvalue weighted by Gasteiger charge is -2.13. The largest absolute Gasteiger partial charge is 0.396 e. The highest BCUT2D eigenvalue weighted by Gasteiger charge is 2.19. The molecule has 19 heavy (non-hydrogen) atoms. The molecule has 5 nitrogen and oxygen atoms in total. The molecule has 1 heterocycles. The molecule has 104 valence electrons. The van der Waals surface area contributed by atoms with Gasteiger partial charge in [-0.05, 0) is 20.3 Å². The monoisotopic (exact) mass is 281 g/mol. The summed E-state index contributed by atoms with van der Waals surface area (Å²) in [6, 6.07) is -0.186. The van der Waals surface area contributed by atoms with Gasteiger partial charge in [0.05, 0.1) is 17.2 Å². The van der Waals surface area contributed by atoms with Crippen molar-refractivity contribution in [3.05, 3.63) is 27.7 Å². The lowest BCUT2D eigenvalue weighted by Crippen LogP contribution is -2.40. The number of urea groups is 1. The third-order valence-electron chi connectivity index (χ3n) is 3.14. The predicted molar refractivity (Wildman–Crippen MR) is 75.1 cm³/mol. The molecule has 0 saturated carbocycles. The van der Waals surface area contributed by atoms with Crippen LogP contribution in [-0.4, -0.2) is 28.8 Å². The summed E-state index contributed by atoms with van der Waals surface area (Å²) in [5.74, 6) is 0.161. The molecule has 1 aromatic rings. The fraction of sp³-hybridized carbons (Fsp3) is 0.538. The molecule has 1 aromatic heterocycles. The van der Waals surface area contributed by atoms with Gasteiger partial charge >= 0.3 is 6.03 Å². The standard InChI is InChI=1S/C13H19N3O2S/c1-8-12(15-9(2)19-8)6-14-13(18)16-11-4-3-10(5-11)7-17/h3-4,10-11,17H,5-7H2,1-2H3,(H2,14,16,18)/t10-,11+/m0/s1. The van der Waals surface area contributed by atoms with Crippen LogP contribution in [0.25, 0.3) is 0 Å². The van der Waals surface area contributed by atoms with Crippen molar-refractivity contribution in [3.8, 4) is 0 Å². The van der Waals surface area contributed by atoms with Crippen LogP contribution >= 0.6 is 11.3 Å². The molecule has 0 bridgehead atoms. The number of thiazole rings is 1. The third-order valence-corrected chi connectivity index (χ3v) is 4.07. The van der Waals surface area contributed by atoms with Gasteiger partial charge in [-0.15, -0.1) is 11.3 Å². The molecule has 0 unspecified atom stereocenters. The van der Waals surface area contributed by atoms with Crippen molar-refractivity contribution >= 4 is 17.4 Å². The SMILES string of the molecule is Cc1nc(CNC(=O)N[C@@H]2C=C[C@H](CO)C2)c(C)s1. The lowest BCUT2D eigenvalue weighted by molar-refractivity contribution is 0.231. The van der Waals surface area contributed by atoms with Crippen molar-refractivity contribution in [2.45, 2.75) is 32.9 Å². The quantitative estimate of drug-likeness (QED) is 0.732. The van der Waals surface area contributed by atoms with E-state index in [9.17, 15) is 4.79 Å². The number of aliphatic hydroxyl groups excluding tert-OH is 1. The summed E-state index contributed by atoms with van der Waals surface area (Å²) in [4.78, 5) is 17.2. The van der Waals surface area contributed by atoms with Gasteiger partial charge in [-0.25, -0.2) is 9.78 Å². The molecule has 3 N–H and O–H groups in total. The van der Waals surface area contributed by atoms with E-state index in [-0.39, 0.29) is 24.6 Å². The van der Waals surface area contributed by atoms with E-state index in [1.165, 1.54) is 0 Å². The van der Waals surface area contributed by atoms with E-state index >= 15 is 0 Å². The number of amides is 2. The Hall–Kier alpha value is -1.40. The number of aromatic nitrogens is 1. The van der Waals surface area contributed by atoms with Gasteiger partial charge < -0.3 is 15.7 Å². The molecule has 2 atom stereocenters. The van der Waals surface area contributed by atoms with E-state index in [1.54, 1.807) is 11.3 Å². The van der Waals surface area contributed by atoms with Crippen molar-refractivity contribution in [3.63, 3.8) is 0 Å². The maximum absolute atomic E-state index is 11.7. The molecule has 2 rings (SSSR count). The highest BCUT2D eigenvalue weighted by atomic mass is 32.1. The van der Waals surface area contributed by atoms with E-state index < -0.39 is 0 Å². The Balaban J connectivity index is 1.76. The van der Waals surface area contributed by atoms with Crippen LogP contribution in [0.5, 0.6) is 0 Å². The first-order valence-corrected chi connectivity index (χ1v) is 7.16. The number of carbonyl (C=O) groups is 1. The number of aliphatic hydroxyl groups is 1. The first-order valence-electron chi connectivity index (χ1n) is 6.35. The normalized spacial score (nSPS) is 21.6. The maximum atomic E-state index is 11.7. The Morgan fingerprint density at radius 3 is 2.89 bits per heavy atom. The topological polar surface area (TPSA) is 74.2 Å². The first-order chi connectivity index (χ1) is 9.08. The number of hydrogen-bond donors (Lipinski definition) is 3. The Morgan fingerprint density at radius 2 is 2.32 bits per heavy atom. The van der Waals surface area contributed by atoms with Crippen molar-refractivity contribution in [2.75, 3.05) is 6.61 Å².